The minimum absolute atomic E-state index is 0.828. The van der Waals surface area contributed by atoms with Gasteiger partial charge in [-0.3, -0.25) is 0 Å². The highest BCUT2D eigenvalue weighted by atomic mass is 32.2. The topological polar surface area (TPSA) is 25.8 Å². The fourth-order valence-corrected chi connectivity index (χ4v) is 1.73. The lowest BCUT2D eigenvalue weighted by atomic mass is 10.2. The third kappa shape index (κ3) is 3.14. The Morgan fingerprint density at radius 3 is 2.14 bits per heavy atom. The van der Waals surface area contributed by atoms with Crippen LogP contribution in [0.3, 0.4) is 0 Å². The van der Waals surface area contributed by atoms with E-state index in [1.54, 1.807) is 11.8 Å². The second-order valence-electron chi connectivity index (χ2n) is 3.14. The van der Waals surface area contributed by atoms with Crippen LogP contribution in [-0.2, 0) is 12.8 Å². The molecule has 0 bridgehead atoms. The molecule has 1 heterocycles. The number of thioether (sulfide) groups is 1. The molecular formula is C11H16N2S. The van der Waals surface area contributed by atoms with Gasteiger partial charge in [-0.25, -0.2) is 9.97 Å². The zero-order valence-corrected chi connectivity index (χ0v) is 9.82. The number of nitrogens with zero attached hydrogens (tertiary/aromatic N) is 2. The molecular weight excluding hydrogens is 192 g/mol. The summed E-state index contributed by atoms with van der Waals surface area (Å²) in [4.78, 5) is 9.89. The predicted octanol–water partition coefficient (Wildman–Crippen LogP) is 3.23. The van der Waals surface area contributed by atoms with Gasteiger partial charge < -0.3 is 0 Å². The molecule has 0 spiro atoms. The maximum atomic E-state index is 4.43. The molecule has 0 amide bonds. The van der Waals surface area contributed by atoms with Crippen molar-refractivity contribution in [3.63, 3.8) is 0 Å². The van der Waals surface area contributed by atoms with Crippen LogP contribution in [0.15, 0.2) is 22.7 Å². The van der Waals surface area contributed by atoms with Gasteiger partial charge in [0.15, 0.2) is 5.16 Å². The SMILES string of the molecule is C=C(C)Sc1nc(CC)cc(CC)n1. The molecule has 0 atom stereocenters. The Kier molecular flexibility index (Phi) is 4.14. The van der Waals surface area contributed by atoms with E-state index in [2.05, 4.69) is 36.5 Å². The summed E-state index contributed by atoms with van der Waals surface area (Å²) in [5.74, 6) is 0. The van der Waals surface area contributed by atoms with Gasteiger partial charge in [0.05, 0.1) is 0 Å². The van der Waals surface area contributed by atoms with E-state index in [1.165, 1.54) is 0 Å². The van der Waals surface area contributed by atoms with Gasteiger partial charge in [0, 0.05) is 11.4 Å². The first-order valence-corrected chi connectivity index (χ1v) is 5.67. The standard InChI is InChI=1S/C11H16N2S/c1-5-9-7-10(6-2)13-11(12-9)14-8(3)4/h7H,3,5-6H2,1-2,4H3. The molecule has 0 unspecified atom stereocenters. The number of hydrogen-bond acceptors (Lipinski definition) is 3. The fourth-order valence-electron chi connectivity index (χ4n) is 1.09. The highest BCUT2D eigenvalue weighted by Gasteiger charge is 2.03. The first-order valence-electron chi connectivity index (χ1n) is 4.85. The Balaban J connectivity index is 2.98. The average molecular weight is 208 g/mol. The van der Waals surface area contributed by atoms with Crippen LogP contribution in [0.1, 0.15) is 32.2 Å². The van der Waals surface area contributed by atoms with Gasteiger partial charge >= 0.3 is 0 Å². The van der Waals surface area contributed by atoms with Gasteiger partial charge in [0.1, 0.15) is 0 Å². The van der Waals surface area contributed by atoms with Crippen LogP contribution < -0.4 is 0 Å². The maximum Gasteiger partial charge on any atom is 0.192 e. The maximum absolute atomic E-state index is 4.43. The second kappa shape index (κ2) is 5.15. The quantitative estimate of drug-likeness (QED) is 0.561. The minimum atomic E-state index is 0.828. The van der Waals surface area contributed by atoms with Gasteiger partial charge in [-0.1, -0.05) is 32.2 Å². The summed E-state index contributed by atoms with van der Waals surface area (Å²) >= 11 is 1.54. The summed E-state index contributed by atoms with van der Waals surface area (Å²) in [6.45, 7) is 10.0. The summed E-state index contributed by atoms with van der Waals surface area (Å²) in [5, 5.41) is 0.828. The molecule has 3 heteroatoms. The van der Waals surface area contributed by atoms with Crippen molar-refractivity contribution in [2.45, 2.75) is 38.8 Å². The van der Waals surface area contributed by atoms with Gasteiger partial charge in [-0.05, 0) is 30.7 Å². The van der Waals surface area contributed by atoms with Gasteiger partial charge in [-0.15, -0.1) is 0 Å². The van der Waals surface area contributed by atoms with E-state index in [9.17, 15) is 0 Å². The van der Waals surface area contributed by atoms with Gasteiger partial charge in [0.2, 0.25) is 0 Å². The molecule has 1 aromatic rings. The number of aryl methyl sites for hydroxylation is 2. The van der Waals surface area contributed by atoms with Crippen molar-refractivity contribution in [2.24, 2.45) is 0 Å². The van der Waals surface area contributed by atoms with Crippen molar-refractivity contribution in [3.8, 4) is 0 Å². The van der Waals surface area contributed by atoms with Gasteiger partial charge in [-0.2, -0.15) is 0 Å². The Labute approximate surface area is 89.9 Å². The van der Waals surface area contributed by atoms with E-state index >= 15 is 0 Å². The molecule has 0 N–H and O–H groups in total. The van der Waals surface area contributed by atoms with Crippen LogP contribution in [0.25, 0.3) is 0 Å². The number of aromatic nitrogens is 2. The molecule has 76 valence electrons. The molecule has 0 aliphatic heterocycles. The Hall–Kier alpha value is -0.830. The summed E-state index contributed by atoms with van der Waals surface area (Å²) in [7, 11) is 0. The van der Waals surface area contributed by atoms with Gasteiger partial charge in [0.25, 0.3) is 0 Å². The van der Waals surface area contributed by atoms with Crippen LogP contribution >= 0.6 is 11.8 Å². The smallest absolute Gasteiger partial charge is 0.192 e. The predicted molar refractivity (Wildman–Crippen MR) is 61.5 cm³/mol. The molecule has 0 aromatic carbocycles. The first-order chi connectivity index (χ1) is 6.65. The molecule has 0 fully saturated rings. The first kappa shape index (κ1) is 11.2. The van der Waals surface area contributed by atoms with Crippen molar-refractivity contribution in [1.82, 2.24) is 9.97 Å². The zero-order chi connectivity index (χ0) is 10.6. The zero-order valence-electron chi connectivity index (χ0n) is 9.00. The van der Waals surface area contributed by atoms with Crippen molar-refractivity contribution in [3.05, 3.63) is 28.9 Å². The molecule has 0 aliphatic rings. The summed E-state index contributed by atoms with van der Waals surface area (Å²) < 4.78 is 0. The summed E-state index contributed by atoms with van der Waals surface area (Å²) in [5.41, 5.74) is 2.22. The van der Waals surface area contributed by atoms with Crippen molar-refractivity contribution in [2.75, 3.05) is 0 Å². The Morgan fingerprint density at radius 1 is 1.29 bits per heavy atom. The summed E-state index contributed by atoms with van der Waals surface area (Å²) in [6.07, 6.45) is 1.92. The molecule has 14 heavy (non-hydrogen) atoms. The Bertz CT molecular complexity index is 312. The van der Waals surface area contributed by atoms with Crippen LogP contribution in [-0.4, -0.2) is 9.97 Å². The molecule has 0 radical (unpaired) electrons. The van der Waals surface area contributed by atoms with E-state index in [0.717, 1.165) is 34.3 Å². The highest BCUT2D eigenvalue weighted by Crippen LogP contribution is 2.21. The van der Waals surface area contributed by atoms with Crippen LogP contribution in [0.5, 0.6) is 0 Å². The normalized spacial score (nSPS) is 10.2. The van der Waals surface area contributed by atoms with Crippen molar-refractivity contribution < 1.29 is 0 Å². The van der Waals surface area contributed by atoms with Crippen LogP contribution in [0, 0.1) is 0 Å². The second-order valence-corrected chi connectivity index (χ2v) is 4.41. The largest absolute Gasteiger partial charge is 0.227 e. The molecule has 0 saturated carbocycles. The van der Waals surface area contributed by atoms with Crippen LogP contribution in [0.4, 0.5) is 0 Å². The lowest BCUT2D eigenvalue weighted by Gasteiger charge is -2.04. The minimum Gasteiger partial charge on any atom is -0.227 e. The van der Waals surface area contributed by atoms with E-state index in [4.69, 9.17) is 0 Å². The third-order valence-electron chi connectivity index (χ3n) is 1.80. The van der Waals surface area contributed by atoms with E-state index < -0.39 is 0 Å². The van der Waals surface area contributed by atoms with Crippen LogP contribution in [0.2, 0.25) is 0 Å². The Morgan fingerprint density at radius 2 is 1.79 bits per heavy atom. The monoisotopic (exact) mass is 208 g/mol. The summed E-state index contributed by atoms with van der Waals surface area (Å²) in [6, 6.07) is 2.07. The molecule has 0 saturated heterocycles. The van der Waals surface area contributed by atoms with E-state index in [0.29, 0.717) is 0 Å². The lowest BCUT2D eigenvalue weighted by molar-refractivity contribution is 0.842. The van der Waals surface area contributed by atoms with E-state index in [-0.39, 0.29) is 0 Å². The number of allylic oxidation sites excluding steroid dienone is 1. The molecule has 2 nitrogen and oxygen atoms in total. The van der Waals surface area contributed by atoms with E-state index in [1.807, 2.05) is 6.92 Å². The number of rotatable bonds is 4. The average Bonchev–Trinajstić information content (AvgIpc) is 2.16. The molecule has 0 aliphatic carbocycles. The molecule has 1 aromatic heterocycles. The number of hydrogen-bond donors (Lipinski definition) is 0. The highest BCUT2D eigenvalue weighted by molar-refractivity contribution is 8.02. The molecule has 1 rings (SSSR count). The van der Waals surface area contributed by atoms with Crippen molar-refractivity contribution in [1.29, 1.82) is 0 Å². The fraction of sp³-hybridized carbons (Fsp3) is 0.455. The van der Waals surface area contributed by atoms with Crippen molar-refractivity contribution >= 4 is 11.8 Å². The lowest BCUT2D eigenvalue weighted by Crippen LogP contribution is -1.97. The third-order valence-corrected chi connectivity index (χ3v) is 2.52.